The monoisotopic (exact) mass is 368 g/mol. The van der Waals surface area contributed by atoms with Crippen molar-refractivity contribution in [3.63, 3.8) is 0 Å². The van der Waals surface area contributed by atoms with Gasteiger partial charge in [0.1, 0.15) is 5.60 Å². The maximum atomic E-state index is 12.3. The van der Waals surface area contributed by atoms with Crippen molar-refractivity contribution in [2.45, 2.75) is 65.7 Å². The largest absolute Gasteiger partial charge is 0.444 e. The van der Waals surface area contributed by atoms with Crippen LogP contribution in [0.4, 0.5) is 4.79 Å². The molecule has 0 spiro atoms. The highest BCUT2D eigenvalue weighted by molar-refractivity contribution is 5.82. The van der Waals surface area contributed by atoms with Crippen LogP contribution in [0.25, 0.3) is 0 Å². The Kier molecular flexibility index (Phi) is 7.15. The summed E-state index contributed by atoms with van der Waals surface area (Å²) in [6, 6.07) is 0.242. The number of fused-ring (bicyclic) bond motifs is 1. The summed E-state index contributed by atoms with van der Waals surface area (Å²) in [6.07, 6.45) is 1.01. The Morgan fingerprint density at radius 1 is 1.35 bits per heavy atom. The number of amides is 1. The summed E-state index contributed by atoms with van der Waals surface area (Å²) in [4.78, 5) is 21.0. The standard InChI is InChI=1S/C19H36N4O3/c1-7-25-16(14(2)3)8-9-20-17-21-12-15-13-22(10-11-23(15)17)18(24)26-19(4,5)6/h14-16H,7-13H2,1-6H3,(H,20,21). The van der Waals surface area contributed by atoms with Crippen molar-refractivity contribution < 1.29 is 14.3 Å². The van der Waals surface area contributed by atoms with E-state index in [4.69, 9.17) is 9.47 Å². The second kappa shape index (κ2) is 8.93. The third kappa shape index (κ3) is 5.76. The number of nitrogens with one attached hydrogen (secondary N) is 1. The predicted molar refractivity (Wildman–Crippen MR) is 103 cm³/mol. The van der Waals surface area contributed by atoms with Crippen molar-refractivity contribution in [1.82, 2.24) is 15.1 Å². The predicted octanol–water partition coefficient (Wildman–Crippen LogP) is 2.32. The quantitative estimate of drug-likeness (QED) is 0.779. The lowest BCUT2D eigenvalue weighted by Crippen LogP contribution is -2.57. The Hall–Kier alpha value is -1.50. The molecule has 0 bridgehead atoms. The minimum atomic E-state index is -0.458. The van der Waals surface area contributed by atoms with Gasteiger partial charge in [-0.15, -0.1) is 0 Å². The van der Waals surface area contributed by atoms with Crippen molar-refractivity contribution in [2.24, 2.45) is 10.9 Å². The van der Waals surface area contributed by atoms with E-state index in [9.17, 15) is 4.79 Å². The minimum Gasteiger partial charge on any atom is -0.444 e. The Morgan fingerprint density at radius 2 is 2.08 bits per heavy atom. The van der Waals surface area contributed by atoms with E-state index in [1.165, 1.54) is 0 Å². The van der Waals surface area contributed by atoms with Crippen LogP contribution < -0.4 is 5.32 Å². The maximum absolute atomic E-state index is 12.3. The third-order valence-corrected chi connectivity index (χ3v) is 4.69. The Labute approximate surface area is 158 Å². The van der Waals surface area contributed by atoms with Gasteiger partial charge in [-0.2, -0.15) is 0 Å². The van der Waals surface area contributed by atoms with Crippen LogP contribution >= 0.6 is 0 Å². The molecule has 1 amide bonds. The second-order valence-electron chi connectivity index (χ2n) is 8.39. The van der Waals surface area contributed by atoms with Crippen LogP contribution in [0.5, 0.6) is 0 Å². The van der Waals surface area contributed by atoms with Crippen LogP contribution in [-0.4, -0.2) is 78.9 Å². The van der Waals surface area contributed by atoms with Gasteiger partial charge >= 0.3 is 6.09 Å². The number of hydrogen-bond acceptors (Lipinski definition) is 6. The number of carbonyl (C=O) groups is 1. The van der Waals surface area contributed by atoms with Crippen LogP contribution in [0.1, 0.15) is 48.0 Å². The molecule has 26 heavy (non-hydrogen) atoms. The Balaban J connectivity index is 1.78. The first-order valence-corrected chi connectivity index (χ1v) is 9.85. The second-order valence-corrected chi connectivity index (χ2v) is 8.39. The molecule has 2 heterocycles. The van der Waals surface area contributed by atoms with E-state index in [1.807, 2.05) is 27.7 Å². The minimum absolute atomic E-state index is 0.227. The summed E-state index contributed by atoms with van der Waals surface area (Å²) < 4.78 is 11.3. The molecule has 7 nitrogen and oxygen atoms in total. The number of aliphatic imine (C=N–C) groups is 1. The normalized spacial score (nSPS) is 21.5. The van der Waals surface area contributed by atoms with E-state index in [1.54, 1.807) is 4.90 Å². The van der Waals surface area contributed by atoms with Crippen LogP contribution in [0.15, 0.2) is 4.99 Å². The van der Waals surface area contributed by atoms with E-state index in [-0.39, 0.29) is 18.2 Å². The average molecular weight is 369 g/mol. The highest BCUT2D eigenvalue weighted by atomic mass is 16.6. The summed E-state index contributed by atoms with van der Waals surface area (Å²) in [5.41, 5.74) is -0.458. The van der Waals surface area contributed by atoms with Gasteiger partial charge in [0.25, 0.3) is 0 Å². The molecule has 0 aromatic rings. The van der Waals surface area contributed by atoms with Crippen molar-refractivity contribution in [3.8, 4) is 0 Å². The zero-order valence-electron chi connectivity index (χ0n) is 17.2. The van der Waals surface area contributed by atoms with Gasteiger partial charge in [-0.1, -0.05) is 13.8 Å². The zero-order valence-corrected chi connectivity index (χ0v) is 17.2. The molecular formula is C19H36N4O3. The molecule has 2 rings (SSSR count). The molecule has 1 fully saturated rings. The highest BCUT2D eigenvalue weighted by Crippen LogP contribution is 2.19. The van der Waals surface area contributed by atoms with Crippen molar-refractivity contribution in [2.75, 3.05) is 39.3 Å². The smallest absolute Gasteiger partial charge is 0.410 e. The molecule has 150 valence electrons. The first kappa shape index (κ1) is 20.8. The fourth-order valence-corrected chi connectivity index (χ4v) is 3.37. The Morgan fingerprint density at radius 3 is 2.69 bits per heavy atom. The van der Waals surface area contributed by atoms with Crippen molar-refractivity contribution in [3.05, 3.63) is 0 Å². The Bertz CT molecular complexity index is 502. The molecule has 2 unspecified atom stereocenters. The van der Waals surface area contributed by atoms with Gasteiger partial charge in [0, 0.05) is 32.8 Å². The molecule has 2 aliphatic heterocycles. The molecule has 2 aliphatic rings. The van der Waals surface area contributed by atoms with Gasteiger partial charge in [0.05, 0.1) is 18.7 Å². The fraction of sp³-hybridized carbons (Fsp3) is 0.895. The lowest BCUT2D eigenvalue weighted by Gasteiger charge is -2.39. The molecule has 1 N–H and O–H groups in total. The number of nitrogens with zero attached hydrogens (tertiary/aromatic N) is 3. The zero-order chi connectivity index (χ0) is 19.3. The number of piperazine rings is 1. The van der Waals surface area contributed by atoms with Gasteiger partial charge in [0.2, 0.25) is 0 Å². The first-order valence-electron chi connectivity index (χ1n) is 9.85. The number of hydrogen-bond donors (Lipinski definition) is 1. The maximum Gasteiger partial charge on any atom is 0.410 e. The molecule has 0 aromatic heterocycles. The highest BCUT2D eigenvalue weighted by Gasteiger charge is 2.36. The lowest BCUT2D eigenvalue weighted by molar-refractivity contribution is 0.0135. The first-order chi connectivity index (χ1) is 12.2. The SMILES string of the molecule is CCOC(CCNC1=NCC2CN(C(=O)OC(C)(C)C)CCN12)C(C)C. The summed E-state index contributed by atoms with van der Waals surface area (Å²) in [5.74, 6) is 1.46. The topological polar surface area (TPSA) is 66.4 Å². The van der Waals surface area contributed by atoms with Gasteiger partial charge in [-0.25, -0.2) is 4.79 Å². The molecule has 2 atom stereocenters. The third-order valence-electron chi connectivity index (χ3n) is 4.69. The van der Waals surface area contributed by atoms with Crippen LogP contribution in [0.3, 0.4) is 0 Å². The number of carbonyl (C=O) groups excluding carboxylic acids is 1. The van der Waals surface area contributed by atoms with E-state index in [0.717, 1.165) is 38.6 Å². The summed E-state index contributed by atoms with van der Waals surface area (Å²) in [5, 5.41) is 3.47. The van der Waals surface area contributed by atoms with Crippen molar-refractivity contribution in [1.29, 1.82) is 0 Å². The summed E-state index contributed by atoms with van der Waals surface area (Å²) in [6.45, 7) is 16.6. The number of ether oxygens (including phenoxy) is 2. The molecule has 0 aliphatic carbocycles. The van der Waals surface area contributed by atoms with Crippen LogP contribution in [0.2, 0.25) is 0 Å². The van der Waals surface area contributed by atoms with Crippen molar-refractivity contribution >= 4 is 12.1 Å². The number of guanidine groups is 1. The van der Waals surface area contributed by atoms with E-state index in [2.05, 4.69) is 29.1 Å². The molecule has 0 aromatic carbocycles. The molecule has 0 saturated carbocycles. The number of rotatable bonds is 6. The lowest BCUT2D eigenvalue weighted by atomic mass is 10.0. The summed E-state index contributed by atoms with van der Waals surface area (Å²) >= 11 is 0. The van der Waals surface area contributed by atoms with Gasteiger partial charge in [0.15, 0.2) is 5.96 Å². The van der Waals surface area contributed by atoms with E-state index >= 15 is 0 Å². The molecular weight excluding hydrogens is 332 g/mol. The van der Waals surface area contributed by atoms with Crippen LogP contribution in [0, 0.1) is 5.92 Å². The van der Waals surface area contributed by atoms with E-state index in [0.29, 0.717) is 19.0 Å². The van der Waals surface area contributed by atoms with Gasteiger partial charge in [-0.05, 0) is 40.0 Å². The molecule has 1 saturated heterocycles. The van der Waals surface area contributed by atoms with Gasteiger partial charge < -0.3 is 24.6 Å². The molecule has 7 heteroatoms. The van der Waals surface area contributed by atoms with Gasteiger partial charge in [-0.3, -0.25) is 4.99 Å². The van der Waals surface area contributed by atoms with E-state index < -0.39 is 5.60 Å². The van der Waals surface area contributed by atoms with Crippen LogP contribution in [-0.2, 0) is 9.47 Å². The average Bonchev–Trinajstić information content (AvgIpc) is 2.94. The fourth-order valence-electron chi connectivity index (χ4n) is 3.37. The molecule has 0 radical (unpaired) electrons. The summed E-state index contributed by atoms with van der Waals surface area (Å²) in [7, 11) is 0.